The van der Waals surface area contributed by atoms with Gasteiger partial charge >= 0.3 is 5.97 Å². The third-order valence-corrected chi connectivity index (χ3v) is 6.46. The van der Waals surface area contributed by atoms with Crippen LogP contribution in [0.5, 0.6) is 0 Å². The Morgan fingerprint density at radius 2 is 1.47 bits per heavy atom. The lowest BCUT2D eigenvalue weighted by atomic mass is 9.93. The summed E-state index contributed by atoms with van der Waals surface area (Å²) in [6, 6.07) is 8.07. The molecule has 0 fully saturated rings. The quantitative estimate of drug-likeness (QED) is 0.247. The summed E-state index contributed by atoms with van der Waals surface area (Å²) >= 11 is 0. The lowest BCUT2D eigenvalue weighted by Crippen LogP contribution is -2.48. The summed E-state index contributed by atoms with van der Waals surface area (Å²) in [5.41, 5.74) is 6.88. The van der Waals surface area contributed by atoms with E-state index < -0.39 is 29.9 Å². The van der Waals surface area contributed by atoms with E-state index >= 15 is 0 Å². The van der Waals surface area contributed by atoms with Gasteiger partial charge in [0.1, 0.15) is 0 Å². The van der Waals surface area contributed by atoms with Gasteiger partial charge in [-0.3, -0.25) is 19.2 Å². The van der Waals surface area contributed by atoms with Gasteiger partial charge in [0.25, 0.3) is 0 Å². The van der Waals surface area contributed by atoms with E-state index in [1.54, 1.807) is 13.8 Å². The molecule has 9 heteroatoms. The number of amides is 3. The van der Waals surface area contributed by atoms with Crippen molar-refractivity contribution in [1.29, 1.82) is 0 Å². The highest BCUT2D eigenvalue weighted by Crippen LogP contribution is 2.13. The first-order valence-corrected chi connectivity index (χ1v) is 12.7. The summed E-state index contributed by atoms with van der Waals surface area (Å²) in [6.45, 7) is 11.2. The van der Waals surface area contributed by atoms with Crippen LogP contribution < -0.4 is 21.7 Å². The molecule has 0 saturated heterocycles. The van der Waals surface area contributed by atoms with E-state index in [2.05, 4.69) is 16.0 Å². The second kappa shape index (κ2) is 15.2. The smallest absolute Gasteiger partial charge is 0.308 e. The van der Waals surface area contributed by atoms with Crippen LogP contribution in [0.25, 0.3) is 0 Å². The van der Waals surface area contributed by atoms with Crippen molar-refractivity contribution < 1.29 is 24.3 Å². The van der Waals surface area contributed by atoms with Gasteiger partial charge in [-0.2, -0.15) is 0 Å². The average molecular weight is 505 g/mol. The summed E-state index contributed by atoms with van der Waals surface area (Å²) in [4.78, 5) is 49.4. The monoisotopic (exact) mass is 504 g/mol. The van der Waals surface area contributed by atoms with E-state index in [1.807, 2.05) is 58.0 Å². The summed E-state index contributed by atoms with van der Waals surface area (Å²) in [6.07, 6.45) is 0.583. The fourth-order valence-electron chi connectivity index (χ4n) is 3.71. The van der Waals surface area contributed by atoms with Gasteiger partial charge in [-0.05, 0) is 37.7 Å². The first-order chi connectivity index (χ1) is 16.8. The van der Waals surface area contributed by atoms with Gasteiger partial charge in [0.2, 0.25) is 17.7 Å². The Hall–Kier alpha value is -2.94. The third kappa shape index (κ3) is 11.2. The van der Waals surface area contributed by atoms with Crippen molar-refractivity contribution in [1.82, 2.24) is 16.0 Å². The second-order valence-corrected chi connectivity index (χ2v) is 10.4. The highest BCUT2D eigenvalue weighted by atomic mass is 16.4. The van der Waals surface area contributed by atoms with Crippen LogP contribution in [0.15, 0.2) is 30.3 Å². The fourth-order valence-corrected chi connectivity index (χ4v) is 3.71. The lowest BCUT2D eigenvalue weighted by Gasteiger charge is -2.25. The topological polar surface area (TPSA) is 151 Å². The average Bonchev–Trinajstić information content (AvgIpc) is 2.78. The molecule has 5 atom stereocenters. The Balaban J connectivity index is 2.67. The van der Waals surface area contributed by atoms with Gasteiger partial charge in [-0.1, -0.05) is 58.0 Å². The summed E-state index contributed by atoms with van der Waals surface area (Å²) in [7, 11) is 0. The molecule has 1 aromatic carbocycles. The number of carboxylic acids is 1. The van der Waals surface area contributed by atoms with E-state index in [0.29, 0.717) is 6.42 Å². The highest BCUT2D eigenvalue weighted by molar-refractivity contribution is 5.83. The number of carbonyl (C=O) groups is 4. The van der Waals surface area contributed by atoms with E-state index in [1.165, 1.54) is 0 Å². The summed E-state index contributed by atoms with van der Waals surface area (Å²) < 4.78 is 0. The number of hydrogen-bond donors (Lipinski definition) is 5. The SMILES string of the molecule is CC(C)[C@H](N)CC(=O)NC[C@H](C(=O)N[C@H](C)CC(=O)N[C@H](Cc1ccccc1)[C@@H](C)C(=O)O)C(C)C. The minimum Gasteiger partial charge on any atom is -0.481 e. The second-order valence-electron chi connectivity index (χ2n) is 10.4. The highest BCUT2D eigenvalue weighted by Gasteiger charge is 2.28. The zero-order chi connectivity index (χ0) is 27.4. The molecule has 1 rings (SSSR count). The van der Waals surface area contributed by atoms with Crippen molar-refractivity contribution in [2.24, 2.45) is 29.4 Å². The maximum atomic E-state index is 12.9. The maximum absolute atomic E-state index is 12.9. The maximum Gasteiger partial charge on any atom is 0.308 e. The molecule has 0 aliphatic carbocycles. The molecule has 0 radical (unpaired) electrons. The molecular formula is C27H44N4O5. The molecule has 9 nitrogen and oxygen atoms in total. The number of aliphatic carboxylic acids is 1. The molecule has 36 heavy (non-hydrogen) atoms. The van der Waals surface area contributed by atoms with Crippen LogP contribution >= 0.6 is 0 Å². The molecule has 1 aromatic rings. The molecule has 0 aromatic heterocycles. The molecule has 0 spiro atoms. The van der Waals surface area contributed by atoms with E-state index in [0.717, 1.165) is 5.56 Å². The van der Waals surface area contributed by atoms with E-state index in [9.17, 15) is 24.3 Å². The summed E-state index contributed by atoms with van der Waals surface area (Å²) in [5.74, 6) is -2.88. The van der Waals surface area contributed by atoms with Crippen LogP contribution in [0, 0.1) is 23.7 Å². The largest absolute Gasteiger partial charge is 0.481 e. The molecule has 0 unspecified atom stereocenters. The molecule has 0 aliphatic rings. The van der Waals surface area contributed by atoms with Crippen molar-refractivity contribution >= 4 is 23.7 Å². The first-order valence-electron chi connectivity index (χ1n) is 12.7. The Morgan fingerprint density at radius 1 is 0.861 bits per heavy atom. The predicted molar refractivity (Wildman–Crippen MR) is 140 cm³/mol. The molecule has 0 saturated carbocycles. The van der Waals surface area contributed by atoms with Crippen LogP contribution in [0.1, 0.15) is 59.9 Å². The number of rotatable bonds is 15. The molecule has 3 amide bonds. The number of benzene rings is 1. The Bertz CT molecular complexity index is 859. The minimum absolute atomic E-state index is 0.00376. The van der Waals surface area contributed by atoms with Crippen molar-refractivity contribution in [2.75, 3.05) is 6.54 Å². The van der Waals surface area contributed by atoms with Crippen LogP contribution in [-0.4, -0.2) is 53.5 Å². The lowest BCUT2D eigenvalue weighted by molar-refractivity contribution is -0.142. The third-order valence-electron chi connectivity index (χ3n) is 6.46. The molecule has 0 bridgehead atoms. The van der Waals surface area contributed by atoms with Gasteiger partial charge in [0.05, 0.1) is 11.8 Å². The van der Waals surface area contributed by atoms with Gasteiger partial charge in [-0.25, -0.2) is 0 Å². The number of nitrogens with two attached hydrogens (primary N) is 1. The van der Waals surface area contributed by atoms with Crippen LogP contribution in [0.4, 0.5) is 0 Å². The summed E-state index contributed by atoms with van der Waals surface area (Å²) in [5, 5.41) is 18.0. The van der Waals surface area contributed by atoms with Crippen molar-refractivity contribution in [3.05, 3.63) is 35.9 Å². The number of carbonyl (C=O) groups excluding carboxylic acids is 3. The van der Waals surface area contributed by atoms with Gasteiger partial charge < -0.3 is 26.8 Å². The Kier molecular flexibility index (Phi) is 13.2. The zero-order valence-electron chi connectivity index (χ0n) is 22.4. The minimum atomic E-state index is -0.992. The van der Waals surface area contributed by atoms with Crippen LogP contribution in [0.2, 0.25) is 0 Å². The fraction of sp³-hybridized carbons (Fsp3) is 0.630. The van der Waals surface area contributed by atoms with Crippen LogP contribution in [0.3, 0.4) is 0 Å². The number of nitrogens with one attached hydrogen (secondary N) is 3. The molecular weight excluding hydrogens is 460 g/mol. The van der Waals surface area contributed by atoms with Crippen LogP contribution in [-0.2, 0) is 25.6 Å². The van der Waals surface area contributed by atoms with Gasteiger partial charge in [-0.15, -0.1) is 0 Å². The Labute approximate surface area is 215 Å². The number of carboxylic acid groups (broad SMARTS) is 1. The predicted octanol–water partition coefficient (Wildman–Crippen LogP) is 2.09. The normalized spacial score (nSPS) is 15.5. The zero-order valence-corrected chi connectivity index (χ0v) is 22.4. The van der Waals surface area contributed by atoms with E-state index in [-0.39, 0.29) is 55.0 Å². The standard InChI is InChI=1S/C27H44N4O5/c1-16(2)21(15-29-24(32)14-22(28)17(3)4)26(34)30-18(5)12-25(33)31-23(19(6)27(35)36)13-20-10-8-7-9-11-20/h7-11,16-19,21-23H,12-15,28H2,1-6H3,(H,29,32)(H,30,34)(H,31,33)(H,35,36)/t18-,19-,21+,22-,23-/m1/s1. The Morgan fingerprint density at radius 3 is 2.00 bits per heavy atom. The molecule has 0 aliphatic heterocycles. The van der Waals surface area contributed by atoms with Gasteiger partial charge in [0.15, 0.2) is 0 Å². The molecule has 0 heterocycles. The van der Waals surface area contributed by atoms with Crippen molar-refractivity contribution in [3.8, 4) is 0 Å². The van der Waals surface area contributed by atoms with Gasteiger partial charge in [0, 0.05) is 37.5 Å². The molecule has 6 N–H and O–H groups in total. The van der Waals surface area contributed by atoms with Crippen molar-refractivity contribution in [3.63, 3.8) is 0 Å². The molecule has 202 valence electrons. The van der Waals surface area contributed by atoms with E-state index in [4.69, 9.17) is 5.73 Å². The van der Waals surface area contributed by atoms with Crippen molar-refractivity contribution in [2.45, 2.75) is 78.9 Å². The number of hydrogen-bond acceptors (Lipinski definition) is 5. The first kappa shape index (κ1) is 31.1.